The van der Waals surface area contributed by atoms with Crippen molar-refractivity contribution < 1.29 is 9.20 Å². The van der Waals surface area contributed by atoms with Gasteiger partial charge in [-0.3, -0.25) is 0 Å². The van der Waals surface area contributed by atoms with E-state index in [1.54, 1.807) is 29.5 Å². The maximum absolute atomic E-state index is 4.97. The molecule has 0 spiro atoms. The van der Waals surface area contributed by atoms with Crippen molar-refractivity contribution in [3.8, 4) is 5.82 Å². The van der Waals surface area contributed by atoms with Crippen molar-refractivity contribution >= 4 is 22.4 Å². The third-order valence-electron chi connectivity index (χ3n) is 2.52. The summed E-state index contributed by atoms with van der Waals surface area (Å²) >= 11 is 0. The lowest BCUT2D eigenvalue weighted by Gasteiger charge is -1.87. The van der Waals surface area contributed by atoms with Gasteiger partial charge in [-0.25, -0.2) is 20.1 Å². The van der Waals surface area contributed by atoms with E-state index in [0.717, 1.165) is 5.52 Å². The number of aromatic amines is 1. The van der Waals surface area contributed by atoms with Crippen LogP contribution in [0.1, 0.15) is 0 Å². The topological polar surface area (TPSA) is 97.3 Å². The fourth-order valence-corrected chi connectivity index (χ4v) is 1.69. The average molecular weight is 240 g/mol. The van der Waals surface area contributed by atoms with Crippen LogP contribution in [0.25, 0.3) is 28.2 Å². The van der Waals surface area contributed by atoms with Crippen molar-refractivity contribution in [1.29, 1.82) is 0 Å². The number of hydrogen-bond donors (Lipinski definition) is 1. The van der Waals surface area contributed by atoms with Gasteiger partial charge in [-0.2, -0.15) is 0 Å². The van der Waals surface area contributed by atoms with Crippen molar-refractivity contribution in [3.05, 3.63) is 31.0 Å². The summed E-state index contributed by atoms with van der Waals surface area (Å²) in [5.74, 6) is 0.582. The van der Waals surface area contributed by atoms with E-state index < -0.39 is 0 Å². The van der Waals surface area contributed by atoms with E-state index in [1.165, 1.54) is 6.20 Å². The smallest absolute Gasteiger partial charge is 0.308 e. The lowest BCUT2D eigenvalue weighted by atomic mass is 10.5. The molecule has 18 heavy (non-hydrogen) atoms. The van der Waals surface area contributed by atoms with Crippen molar-refractivity contribution in [2.75, 3.05) is 0 Å². The lowest BCUT2D eigenvalue weighted by Crippen LogP contribution is -2.33. The highest BCUT2D eigenvalue weighted by Gasteiger charge is 2.16. The highest BCUT2D eigenvalue weighted by Crippen LogP contribution is 2.08. The number of aromatic nitrogens is 7. The second kappa shape index (κ2) is 3.29. The van der Waals surface area contributed by atoms with Gasteiger partial charge in [0.15, 0.2) is 16.7 Å². The van der Waals surface area contributed by atoms with Gasteiger partial charge in [-0.1, -0.05) is 5.16 Å². The first-order chi connectivity index (χ1) is 8.90. The van der Waals surface area contributed by atoms with E-state index >= 15 is 0 Å². The summed E-state index contributed by atoms with van der Waals surface area (Å²) in [6.45, 7) is 0. The van der Waals surface area contributed by atoms with E-state index in [0.29, 0.717) is 22.7 Å². The lowest BCUT2D eigenvalue weighted by molar-refractivity contribution is -0.656. The molecule has 4 rings (SSSR count). The molecule has 8 heteroatoms. The number of H-pyrrole nitrogens is 1. The fourth-order valence-electron chi connectivity index (χ4n) is 1.69. The minimum Gasteiger partial charge on any atom is -0.308 e. The van der Waals surface area contributed by atoms with Crippen molar-refractivity contribution in [3.63, 3.8) is 0 Å². The predicted octanol–water partition coefficient (Wildman–Crippen LogP) is 0.166. The molecular weight excluding hydrogens is 234 g/mol. The zero-order valence-electron chi connectivity index (χ0n) is 8.98. The Labute approximate surface area is 99.3 Å². The molecule has 0 saturated carbocycles. The predicted molar refractivity (Wildman–Crippen MR) is 58.6 cm³/mol. The molecule has 1 N–H and O–H groups in total. The molecule has 8 nitrogen and oxygen atoms in total. The van der Waals surface area contributed by atoms with Crippen LogP contribution in [0.4, 0.5) is 0 Å². The van der Waals surface area contributed by atoms with Crippen LogP contribution in [0.3, 0.4) is 0 Å². The maximum atomic E-state index is 4.97. The normalized spacial score (nSPS) is 11.3. The summed E-state index contributed by atoms with van der Waals surface area (Å²) in [6, 6.07) is 0. The van der Waals surface area contributed by atoms with E-state index in [4.69, 9.17) is 4.52 Å². The van der Waals surface area contributed by atoms with Gasteiger partial charge in [-0.05, 0) is 0 Å². The molecule has 0 aromatic carbocycles. The Bertz CT molecular complexity index is 816. The summed E-state index contributed by atoms with van der Waals surface area (Å²) < 4.78 is 6.65. The molecule has 0 unspecified atom stereocenters. The van der Waals surface area contributed by atoms with Gasteiger partial charge in [0, 0.05) is 17.4 Å². The van der Waals surface area contributed by atoms with E-state index in [-0.39, 0.29) is 0 Å². The molecule has 4 heterocycles. The van der Waals surface area contributed by atoms with Gasteiger partial charge < -0.3 is 4.52 Å². The summed E-state index contributed by atoms with van der Waals surface area (Å²) in [7, 11) is 0. The Hall–Kier alpha value is -2.90. The first-order valence-electron chi connectivity index (χ1n) is 5.19. The molecule has 4 aromatic heterocycles. The standard InChI is InChI=1S/C10H5N7O/c1-2-12-9-7(11-1)5-17(16-9)8-4-13-6-3-14-18-10(6)15-8/h1-5H/p+1. The molecule has 0 fully saturated rings. The highest BCUT2D eigenvalue weighted by molar-refractivity contribution is 5.67. The van der Waals surface area contributed by atoms with E-state index in [1.807, 2.05) is 0 Å². The van der Waals surface area contributed by atoms with Gasteiger partial charge in [0.2, 0.25) is 0 Å². The zero-order chi connectivity index (χ0) is 11.9. The van der Waals surface area contributed by atoms with Crippen molar-refractivity contribution in [2.24, 2.45) is 0 Å². The molecule has 0 atom stereocenters. The first kappa shape index (κ1) is 9.16. The average Bonchev–Trinajstić information content (AvgIpc) is 3.04. The summed E-state index contributed by atoms with van der Waals surface area (Å²) in [5, 5.41) is 6.68. The molecule has 0 aliphatic heterocycles. The largest absolute Gasteiger partial charge is 0.383 e. The van der Waals surface area contributed by atoms with E-state index in [2.05, 4.69) is 30.2 Å². The van der Waals surface area contributed by atoms with Crippen LogP contribution >= 0.6 is 0 Å². The van der Waals surface area contributed by atoms with Gasteiger partial charge in [-0.15, -0.1) is 4.68 Å². The molecule has 4 aromatic rings. The number of rotatable bonds is 1. The minimum atomic E-state index is 0.388. The van der Waals surface area contributed by atoms with Crippen LogP contribution in [-0.2, 0) is 0 Å². The van der Waals surface area contributed by atoms with E-state index in [9.17, 15) is 0 Å². The van der Waals surface area contributed by atoms with Crippen molar-refractivity contribution in [2.45, 2.75) is 0 Å². The molecule has 0 bridgehead atoms. The molecular formula is C10H6N7O+. The Morgan fingerprint density at radius 3 is 2.94 bits per heavy atom. The van der Waals surface area contributed by atoms with Crippen LogP contribution in [0.15, 0.2) is 35.5 Å². The van der Waals surface area contributed by atoms with Crippen LogP contribution in [0, 0.1) is 0 Å². The minimum absolute atomic E-state index is 0.388. The van der Waals surface area contributed by atoms with Crippen LogP contribution in [0.5, 0.6) is 0 Å². The highest BCUT2D eigenvalue weighted by atomic mass is 16.5. The molecule has 0 amide bonds. The second-order valence-electron chi connectivity index (χ2n) is 3.65. The Morgan fingerprint density at radius 2 is 2.00 bits per heavy atom. The Balaban J connectivity index is 1.94. The number of hydrogen-bond acceptors (Lipinski definition) is 6. The quantitative estimate of drug-likeness (QED) is 0.476. The van der Waals surface area contributed by atoms with Gasteiger partial charge in [0.1, 0.15) is 18.6 Å². The summed E-state index contributed by atoms with van der Waals surface area (Å²) in [5.41, 5.74) is 2.43. The summed E-state index contributed by atoms with van der Waals surface area (Å²) in [6.07, 6.45) is 8.18. The van der Waals surface area contributed by atoms with Gasteiger partial charge >= 0.3 is 11.5 Å². The van der Waals surface area contributed by atoms with Crippen LogP contribution < -0.4 is 4.68 Å². The van der Waals surface area contributed by atoms with Gasteiger partial charge in [0.05, 0.1) is 0 Å². The SMILES string of the molecule is c1cnc2[nH][n+](-c3cnc4cnoc4n3)cc2n1. The van der Waals surface area contributed by atoms with Gasteiger partial charge in [0.25, 0.3) is 0 Å². The number of nitrogens with one attached hydrogen (secondary N) is 1. The fraction of sp³-hybridized carbons (Fsp3) is 0. The Kier molecular flexibility index (Phi) is 1.68. The second-order valence-corrected chi connectivity index (χ2v) is 3.65. The molecule has 0 saturated heterocycles. The third-order valence-corrected chi connectivity index (χ3v) is 2.52. The monoisotopic (exact) mass is 240 g/mol. The molecule has 0 aliphatic rings. The van der Waals surface area contributed by atoms with Crippen molar-refractivity contribution in [1.82, 2.24) is 30.2 Å². The number of nitrogens with zero attached hydrogens (tertiary/aromatic N) is 6. The summed E-state index contributed by atoms with van der Waals surface area (Å²) in [4.78, 5) is 16.8. The molecule has 86 valence electrons. The maximum Gasteiger partial charge on any atom is 0.383 e. The third kappa shape index (κ3) is 1.25. The number of fused-ring (bicyclic) bond motifs is 2. The zero-order valence-corrected chi connectivity index (χ0v) is 8.98. The van der Waals surface area contributed by atoms with Crippen LogP contribution in [-0.4, -0.2) is 30.2 Å². The first-order valence-corrected chi connectivity index (χ1v) is 5.19. The van der Waals surface area contributed by atoms with Crippen LogP contribution in [0.2, 0.25) is 0 Å². The molecule has 0 aliphatic carbocycles. The molecule has 0 radical (unpaired) electrons. The Morgan fingerprint density at radius 1 is 1.06 bits per heavy atom.